The van der Waals surface area contributed by atoms with Gasteiger partial charge in [-0.15, -0.1) is 0 Å². The van der Waals surface area contributed by atoms with Gasteiger partial charge in [-0.05, 0) is 54.8 Å². The Balaban J connectivity index is 1.26. The Labute approximate surface area is 193 Å². The van der Waals surface area contributed by atoms with Gasteiger partial charge in [0.05, 0.1) is 18.3 Å². The van der Waals surface area contributed by atoms with Crippen molar-refractivity contribution in [2.45, 2.75) is 24.9 Å². The fourth-order valence-electron chi connectivity index (χ4n) is 5.20. The molecule has 0 spiro atoms. The van der Waals surface area contributed by atoms with Gasteiger partial charge in [-0.25, -0.2) is 14.4 Å². The molecule has 1 N–H and O–H groups in total. The van der Waals surface area contributed by atoms with E-state index in [0.717, 1.165) is 74.3 Å². The van der Waals surface area contributed by atoms with E-state index in [2.05, 4.69) is 33.3 Å². The van der Waals surface area contributed by atoms with Gasteiger partial charge in [-0.2, -0.15) is 5.10 Å². The van der Waals surface area contributed by atoms with Gasteiger partial charge in [-0.1, -0.05) is 18.2 Å². The molecule has 33 heavy (non-hydrogen) atoms. The standard InChI is InChI=1S/C25H28FN7/c26-19-5-1-4-18(16-19)21-7-3-13-32(21)25-10-9-23-28-17-22(33(23)30-25)20-6-2-8-24(29-20)31-14-11-27-12-15-31/h1-2,4-6,8-10,16,21-22,27H,3,7,11-15,17H2/t21-,22?/m1/s1. The normalized spacial score (nSPS) is 24.7. The Morgan fingerprint density at radius 2 is 1.79 bits per heavy atom. The molecule has 0 amide bonds. The van der Waals surface area contributed by atoms with Crippen LogP contribution in [0.25, 0.3) is 0 Å². The predicted octanol–water partition coefficient (Wildman–Crippen LogP) is 3.11. The van der Waals surface area contributed by atoms with Crippen LogP contribution in [0.1, 0.15) is 36.2 Å². The van der Waals surface area contributed by atoms with E-state index in [1.165, 1.54) is 6.07 Å². The van der Waals surface area contributed by atoms with Crippen LogP contribution in [-0.2, 0) is 0 Å². The molecular formula is C25H28FN7. The number of piperazine rings is 1. The van der Waals surface area contributed by atoms with Crippen molar-refractivity contribution in [1.82, 2.24) is 20.2 Å². The Morgan fingerprint density at radius 3 is 2.67 bits per heavy atom. The molecule has 0 radical (unpaired) electrons. The molecule has 0 aliphatic carbocycles. The first kappa shape index (κ1) is 20.4. The van der Waals surface area contributed by atoms with Gasteiger partial charge in [0.15, 0.2) is 0 Å². The highest BCUT2D eigenvalue weighted by Gasteiger charge is 2.35. The topological polar surface area (TPSA) is 59.4 Å². The Bertz CT molecular complexity index is 1120. The summed E-state index contributed by atoms with van der Waals surface area (Å²) in [5.41, 5.74) is 2.00. The number of nitrogens with zero attached hydrogens (tertiary/aromatic N) is 6. The zero-order valence-electron chi connectivity index (χ0n) is 18.6. The van der Waals surface area contributed by atoms with Gasteiger partial charge in [0, 0.05) is 32.7 Å². The number of fused-ring (bicyclic) bond motifs is 1. The first-order valence-corrected chi connectivity index (χ1v) is 11.8. The van der Waals surface area contributed by atoms with Crippen molar-refractivity contribution >= 4 is 17.5 Å². The maximum atomic E-state index is 13.9. The fourth-order valence-corrected chi connectivity index (χ4v) is 5.20. The number of aliphatic imine (C=N–C) groups is 1. The molecule has 2 aromatic rings. The molecule has 0 saturated carbocycles. The minimum absolute atomic E-state index is 0.0157. The molecule has 1 aromatic carbocycles. The van der Waals surface area contributed by atoms with Gasteiger partial charge in [0.25, 0.3) is 0 Å². The molecule has 4 aliphatic rings. The number of hydrogen-bond donors (Lipinski definition) is 1. The number of benzene rings is 1. The summed E-state index contributed by atoms with van der Waals surface area (Å²) in [4.78, 5) is 14.3. The van der Waals surface area contributed by atoms with E-state index in [1.54, 1.807) is 12.1 Å². The molecule has 0 bridgehead atoms. The molecule has 2 saturated heterocycles. The van der Waals surface area contributed by atoms with Crippen LogP contribution in [0.15, 0.2) is 64.7 Å². The number of aromatic nitrogens is 1. The van der Waals surface area contributed by atoms with Crippen LogP contribution in [0.3, 0.4) is 0 Å². The SMILES string of the molecule is Fc1cccc([C@H]2CCCN2C2=NN3C(=NCC3c3cccc(N4CCNCC4)n3)C=C2)c1. The van der Waals surface area contributed by atoms with Gasteiger partial charge in [0.1, 0.15) is 29.3 Å². The number of pyridine rings is 1. The third-order valence-corrected chi connectivity index (χ3v) is 6.87. The van der Waals surface area contributed by atoms with Crippen molar-refractivity contribution in [3.8, 4) is 0 Å². The van der Waals surface area contributed by atoms with Crippen LogP contribution in [0, 0.1) is 5.82 Å². The van der Waals surface area contributed by atoms with E-state index in [4.69, 9.17) is 15.1 Å². The van der Waals surface area contributed by atoms with E-state index in [9.17, 15) is 4.39 Å². The van der Waals surface area contributed by atoms with E-state index in [-0.39, 0.29) is 17.9 Å². The van der Waals surface area contributed by atoms with Crippen LogP contribution in [0.4, 0.5) is 10.2 Å². The molecule has 6 rings (SSSR count). The third kappa shape index (κ3) is 3.88. The highest BCUT2D eigenvalue weighted by molar-refractivity contribution is 6.06. The van der Waals surface area contributed by atoms with E-state index in [0.29, 0.717) is 6.54 Å². The minimum Gasteiger partial charge on any atom is -0.354 e. The number of nitrogens with one attached hydrogen (secondary N) is 1. The number of likely N-dealkylation sites (tertiary alicyclic amines) is 1. The highest BCUT2D eigenvalue weighted by atomic mass is 19.1. The smallest absolute Gasteiger partial charge is 0.149 e. The lowest BCUT2D eigenvalue weighted by Gasteiger charge is -2.32. The van der Waals surface area contributed by atoms with Crippen LogP contribution < -0.4 is 10.2 Å². The summed E-state index contributed by atoms with van der Waals surface area (Å²) >= 11 is 0. The van der Waals surface area contributed by atoms with Crippen molar-refractivity contribution in [2.24, 2.45) is 10.1 Å². The first-order chi connectivity index (χ1) is 16.3. The summed E-state index contributed by atoms with van der Waals surface area (Å²) in [6.45, 7) is 5.45. The molecule has 1 unspecified atom stereocenters. The van der Waals surface area contributed by atoms with Crippen LogP contribution >= 0.6 is 0 Å². The summed E-state index contributed by atoms with van der Waals surface area (Å²) in [6, 6.07) is 13.3. The average molecular weight is 446 g/mol. The van der Waals surface area contributed by atoms with Crippen molar-refractivity contribution < 1.29 is 4.39 Å². The Morgan fingerprint density at radius 1 is 0.939 bits per heavy atom. The molecule has 170 valence electrons. The maximum absolute atomic E-state index is 13.9. The van der Waals surface area contributed by atoms with Crippen LogP contribution in [0.5, 0.6) is 0 Å². The van der Waals surface area contributed by atoms with Crippen molar-refractivity contribution in [3.63, 3.8) is 0 Å². The number of hydrogen-bond acceptors (Lipinski definition) is 7. The number of halogens is 1. The monoisotopic (exact) mass is 445 g/mol. The molecule has 4 aliphatic heterocycles. The molecule has 5 heterocycles. The van der Waals surface area contributed by atoms with E-state index in [1.807, 2.05) is 23.2 Å². The zero-order valence-corrected chi connectivity index (χ0v) is 18.6. The Hall–Kier alpha value is -3.26. The first-order valence-electron chi connectivity index (χ1n) is 11.8. The summed E-state index contributed by atoms with van der Waals surface area (Å²) in [6.07, 6.45) is 6.14. The number of hydrazone groups is 1. The third-order valence-electron chi connectivity index (χ3n) is 6.87. The van der Waals surface area contributed by atoms with Gasteiger partial charge in [0.2, 0.25) is 0 Å². The van der Waals surface area contributed by atoms with Crippen LogP contribution in [-0.4, -0.2) is 65.8 Å². The van der Waals surface area contributed by atoms with Gasteiger partial charge < -0.3 is 15.1 Å². The summed E-state index contributed by atoms with van der Waals surface area (Å²) < 4.78 is 13.9. The molecule has 2 fully saturated rings. The van der Waals surface area contributed by atoms with Crippen molar-refractivity contribution in [2.75, 3.05) is 44.2 Å². The average Bonchev–Trinajstić information content (AvgIpc) is 3.52. The predicted molar refractivity (Wildman–Crippen MR) is 128 cm³/mol. The largest absolute Gasteiger partial charge is 0.354 e. The zero-order chi connectivity index (χ0) is 22.2. The summed E-state index contributed by atoms with van der Waals surface area (Å²) in [5, 5.41) is 10.4. The molecule has 1 aromatic heterocycles. The Kier molecular flexibility index (Phi) is 5.30. The summed E-state index contributed by atoms with van der Waals surface area (Å²) in [7, 11) is 0. The van der Waals surface area contributed by atoms with Gasteiger partial charge >= 0.3 is 0 Å². The fraction of sp³-hybridized carbons (Fsp3) is 0.400. The lowest BCUT2D eigenvalue weighted by molar-refractivity contribution is 0.337. The van der Waals surface area contributed by atoms with Gasteiger partial charge in [-0.3, -0.25) is 4.99 Å². The minimum atomic E-state index is -0.190. The molecule has 7 nitrogen and oxygen atoms in total. The lowest BCUT2D eigenvalue weighted by atomic mass is 10.0. The second-order valence-electron chi connectivity index (χ2n) is 8.91. The molecular weight excluding hydrogens is 417 g/mol. The summed E-state index contributed by atoms with van der Waals surface area (Å²) in [5.74, 6) is 2.61. The number of rotatable bonds is 3. The quantitative estimate of drug-likeness (QED) is 0.787. The van der Waals surface area contributed by atoms with Crippen molar-refractivity contribution in [3.05, 3.63) is 71.7 Å². The van der Waals surface area contributed by atoms with Crippen LogP contribution in [0.2, 0.25) is 0 Å². The molecule has 8 heteroatoms. The van der Waals surface area contributed by atoms with E-state index >= 15 is 0 Å². The second-order valence-corrected chi connectivity index (χ2v) is 8.91. The van der Waals surface area contributed by atoms with Crippen molar-refractivity contribution in [1.29, 1.82) is 0 Å². The second kappa shape index (κ2) is 8.59. The maximum Gasteiger partial charge on any atom is 0.149 e. The number of anilines is 1. The lowest BCUT2D eigenvalue weighted by Crippen LogP contribution is -2.44. The molecule has 2 atom stereocenters. The highest BCUT2D eigenvalue weighted by Crippen LogP contribution is 2.35. The number of amidine groups is 2. The van der Waals surface area contributed by atoms with E-state index < -0.39 is 0 Å².